The van der Waals surface area contributed by atoms with Crippen LogP contribution >= 0.6 is 24.0 Å². The van der Waals surface area contributed by atoms with Gasteiger partial charge in [-0.1, -0.05) is 54.1 Å². The summed E-state index contributed by atoms with van der Waals surface area (Å²) in [5, 5.41) is 3.63. The summed E-state index contributed by atoms with van der Waals surface area (Å²) in [6.45, 7) is 1.91. The van der Waals surface area contributed by atoms with Crippen LogP contribution in [0.15, 0.2) is 54.6 Å². The van der Waals surface area contributed by atoms with Gasteiger partial charge in [-0.05, 0) is 30.2 Å². The van der Waals surface area contributed by atoms with Crippen LogP contribution < -0.4 is 11.1 Å². The van der Waals surface area contributed by atoms with E-state index < -0.39 is 0 Å². The first-order chi connectivity index (χ1) is 11.5. The van der Waals surface area contributed by atoms with Crippen molar-refractivity contribution in [2.45, 2.75) is 31.5 Å². The van der Waals surface area contributed by atoms with Gasteiger partial charge in [0.05, 0.1) is 6.04 Å². The molecule has 0 radical (unpaired) electrons. The largest absolute Gasteiger partial charge is 0.375 e. The molecule has 0 saturated heterocycles. The van der Waals surface area contributed by atoms with E-state index in [1.807, 2.05) is 61.5 Å². The minimum absolute atomic E-state index is 0. The van der Waals surface area contributed by atoms with Crippen LogP contribution in [0.25, 0.3) is 0 Å². The van der Waals surface area contributed by atoms with Crippen molar-refractivity contribution >= 4 is 29.9 Å². The second kappa shape index (κ2) is 10.4. The minimum atomic E-state index is -0.324. The van der Waals surface area contributed by atoms with Gasteiger partial charge in [-0.15, -0.1) is 12.4 Å². The quantitative estimate of drug-likeness (QED) is 0.758. The van der Waals surface area contributed by atoms with Gasteiger partial charge < -0.3 is 15.8 Å². The van der Waals surface area contributed by atoms with E-state index in [0.29, 0.717) is 5.02 Å². The van der Waals surface area contributed by atoms with E-state index in [2.05, 4.69) is 5.32 Å². The lowest BCUT2D eigenvalue weighted by Gasteiger charge is -2.25. The van der Waals surface area contributed by atoms with E-state index in [9.17, 15) is 4.79 Å². The van der Waals surface area contributed by atoms with Crippen LogP contribution in [-0.4, -0.2) is 19.1 Å². The average Bonchev–Trinajstić information content (AvgIpc) is 2.58. The highest BCUT2D eigenvalue weighted by molar-refractivity contribution is 6.30. The molecular formula is C19H24Cl2N2O2. The third kappa shape index (κ3) is 6.33. The van der Waals surface area contributed by atoms with Crippen LogP contribution in [-0.2, 0) is 9.53 Å². The highest BCUT2D eigenvalue weighted by Crippen LogP contribution is 2.23. The molecule has 3 unspecified atom stereocenters. The molecule has 0 aliphatic heterocycles. The van der Waals surface area contributed by atoms with Gasteiger partial charge in [-0.3, -0.25) is 4.79 Å². The molecule has 2 rings (SSSR count). The van der Waals surface area contributed by atoms with Gasteiger partial charge in [0.15, 0.2) is 0 Å². The van der Waals surface area contributed by atoms with Crippen molar-refractivity contribution in [3.63, 3.8) is 0 Å². The summed E-state index contributed by atoms with van der Waals surface area (Å²) in [6, 6.07) is 16.5. The number of halogens is 2. The molecule has 6 heteroatoms. The van der Waals surface area contributed by atoms with Gasteiger partial charge in [-0.2, -0.15) is 0 Å². The molecule has 2 aromatic rings. The van der Waals surface area contributed by atoms with Crippen molar-refractivity contribution < 1.29 is 9.53 Å². The van der Waals surface area contributed by atoms with Gasteiger partial charge >= 0.3 is 0 Å². The molecule has 25 heavy (non-hydrogen) atoms. The van der Waals surface area contributed by atoms with E-state index in [-0.39, 0.29) is 42.9 Å². The fourth-order valence-corrected chi connectivity index (χ4v) is 2.81. The van der Waals surface area contributed by atoms with Crippen molar-refractivity contribution in [1.29, 1.82) is 0 Å². The Bertz CT molecular complexity index is 650. The second-order valence-electron chi connectivity index (χ2n) is 5.79. The topological polar surface area (TPSA) is 64.3 Å². The zero-order chi connectivity index (χ0) is 17.5. The number of benzene rings is 2. The zero-order valence-electron chi connectivity index (χ0n) is 14.3. The summed E-state index contributed by atoms with van der Waals surface area (Å²) in [6.07, 6.45) is -0.0232. The first kappa shape index (κ1) is 21.5. The molecule has 0 aliphatic carbocycles. The first-order valence-corrected chi connectivity index (χ1v) is 8.27. The van der Waals surface area contributed by atoms with E-state index in [4.69, 9.17) is 22.1 Å². The van der Waals surface area contributed by atoms with Gasteiger partial charge in [0, 0.05) is 24.6 Å². The number of methoxy groups -OCH3 is 1. The number of carbonyl (C=O) groups is 1. The second-order valence-corrected chi connectivity index (χ2v) is 6.22. The predicted molar refractivity (Wildman–Crippen MR) is 104 cm³/mol. The van der Waals surface area contributed by atoms with E-state index in [0.717, 1.165) is 11.1 Å². The molecular weight excluding hydrogens is 359 g/mol. The number of rotatable bonds is 7. The normalized spacial score (nSPS) is 14.1. The molecule has 0 heterocycles. The molecule has 3 N–H and O–H groups in total. The maximum absolute atomic E-state index is 12.3. The highest BCUT2D eigenvalue weighted by Gasteiger charge is 2.21. The standard InChI is InChI=1S/C19H23ClN2O2.ClH/c1-13(19(24-2)15-8-10-16(20)11-9-15)22-18(23)12-17(21)14-6-4-3-5-7-14;/h3-11,13,17,19H,12,21H2,1-2H3,(H,22,23);1H. The molecule has 3 atom stereocenters. The van der Waals surface area contributed by atoms with Gasteiger partial charge in [-0.25, -0.2) is 0 Å². The Hall–Kier alpha value is -1.59. The SMILES string of the molecule is COC(c1ccc(Cl)cc1)C(C)NC(=O)CC(N)c1ccccc1.Cl. The summed E-state index contributed by atoms with van der Waals surface area (Å²) in [4.78, 5) is 12.3. The molecule has 0 aliphatic rings. The molecule has 0 bridgehead atoms. The first-order valence-electron chi connectivity index (χ1n) is 7.89. The third-order valence-corrected chi connectivity index (χ3v) is 4.18. The van der Waals surface area contributed by atoms with Crippen molar-refractivity contribution in [2.24, 2.45) is 5.73 Å². The van der Waals surface area contributed by atoms with Crippen molar-refractivity contribution in [3.05, 3.63) is 70.7 Å². The Morgan fingerprint density at radius 2 is 1.72 bits per heavy atom. The van der Waals surface area contributed by atoms with Crippen LogP contribution in [0.5, 0.6) is 0 Å². The number of nitrogens with one attached hydrogen (secondary N) is 1. The van der Waals surface area contributed by atoms with Crippen LogP contribution in [0.3, 0.4) is 0 Å². The van der Waals surface area contributed by atoms with Crippen LogP contribution in [0, 0.1) is 0 Å². The van der Waals surface area contributed by atoms with Crippen molar-refractivity contribution in [1.82, 2.24) is 5.32 Å². The maximum Gasteiger partial charge on any atom is 0.222 e. The summed E-state index contributed by atoms with van der Waals surface area (Å²) >= 11 is 5.91. The monoisotopic (exact) mass is 382 g/mol. The molecule has 0 saturated carbocycles. The molecule has 0 spiro atoms. The number of hydrogen-bond acceptors (Lipinski definition) is 3. The lowest BCUT2D eigenvalue weighted by Crippen LogP contribution is -2.39. The number of amides is 1. The number of hydrogen-bond donors (Lipinski definition) is 2. The predicted octanol–water partition coefficient (Wildman–Crippen LogP) is 4.04. The minimum Gasteiger partial charge on any atom is -0.375 e. The van der Waals surface area contributed by atoms with Gasteiger partial charge in [0.25, 0.3) is 0 Å². The Morgan fingerprint density at radius 1 is 1.12 bits per heavy atom. The number of carbonyl (C=O) groups excluding carboxylic acids is 1. The number of ether oxygens (including phenoxy) is 1. The number of nitrogens with two attached hydrogens (primary N) is 1. The van der Waals surface area contributed by atoms with Crippen LogP contribution in [0.2, 0.25) is 5.02 Å². The van der Waals surface area contributed by atoms with Crippen LogP contribution in [0.4, 0.5) is 0 Å². The Labute approximate surface area is 160 Å². The molecule has 136 valence electrons. The average molecular weight is 383 g/mol. The smallest absolute Gasteiger partial charge is 0.222 e. The fourth-order valence-electron chi connectivity index (χ4n) is 2.69. The highest BCUT2D eigenvalue weighted by atomic mass is 35.5. The summed E-state index contributed by atoms with van der Waals surface area (Å²) in [5.41, 5.74) is 8.01. The summed E-state index contributed by atoms with van der Waals surface area (Å²) < 4.78 is 5.54. The summed E-state index contributed by atoms with van der Waals surface area (Å²) in [5.74, 6) is -0.102. The van der Waals surface area contributed by atoms with Crippen molar-refractivity contribution in [3.8, 4) is 0 Å². The van der Waals surface area contributed by atoms with Crippen molar-refractivity contribution in [2.75, 3.05) is 7.11 Å². The molecule has 2 aromatic carbocycles. The lowest BCUT2D eigenvalue weighted by atomic mass is 10.0. The fraction of sp³-hybridized carbons (Fsp3) is 0.316. The Morgan fingerprint density at radius 3 is 2.28 bits per heavy atom. The Balaban J connectivity index is 0.00000312. The molecule has 0 fully saturated rings. The van der Waals surface area contributed by atoms with Gasteiger partial charge in [0.2, 0.25) is 5.91 Å². The lowest BCUT2D eigenvalue weighted by molar-refractivity contribution is -0.123. The van der Waals surface area contributed by atoms with E-state index >= 15 is 0 Å². The molecule has 1 amide bonds. The van der Waals surface area contributed by atoms with E-state index in [1.165, 1.54) is 0 Å². The summed E-state index contributed by atoms with van der Waals surface area (Å²) in [7, 11) is 1.62. The van der Waals surface area contributed by atoms with E-state index in [1.54, 1.807) is 7.11 Å². The third-order valence-electron chi connectivity index (χ3n) is 3.93. The molecule has 4 nitrogen and oxygen atoms in total. The maximum atomic E-state index is 12.3. The zero-order valence-corrected chi connectivity index (χ0v) is 15.9. The molecule has 0 aromatic heterocycles. The van der Waals surface area contributed by atoms with Gasteiger partial charge in [0.1, 0.15) is 6.10 Å². The van der Waals surface area contributed by atoms with Crippen LogP contribution in [0.1, 0.15) is 36.6 Å². The Kier molecular flexibility index (Phi) is 8.93.